The first-order chi connectivity index (χ1) is 8.85. The number of ether oxygens (including phenoxy) is 3. The van der Waals surface area contributed by atoms with E-state index in [1.807, 2.05) is 0 Å². The summed E-state index contributed by atoms with van der Waals surface area (Å²) in [4.78, 5) is 35.5. The Bertz CT molecular complexity index is 353. The lowest BCUT2D eigenvalue weighted by molar-refractivity contribution is -0.170. The van der Waals surface area contributed by atoms with Gasteiger partial charge in [0.1, 0.15) is 0 Å². The summed E-state index contributed by atoms with van der Waals surface area (Å²) in [6.45, 7) is 9.77. The van der Waals surface area contributed by atoms with Gasteiger partial charge in [-0.2, -0.15) is 0 Å². The van der Waals surface area contributed by atoms with Crippen molar-refractivity contribution in [3.8, 4) is 0 Å². The molecular weight excluding hydrogens is 252 g/mol. The first-order valence-corrected chi connectivity index (χ1v) is 6.07. The fourth-order valence-electron chi connectivity index (χ4n) is 1.30. The van der Waals surface area contributed by atoms with Crippen LogP contribution >= 0.6 is 0 Å². The van der Waals surface area contributed by atoms with Crippen LogP contribution in [0.25, 0.3) is 0 Å². The molecule has 0 spiro atoms. The molecule has 0 aliphatic heterocycles. The molecule has 0 rings (SSSR count). The molecule has 6 nitrogen and oxygen atoms in total. The van der Waals surface area contributed by atoms with Gasteiger partial charge in [-0.3, -0.25) is 9.59 Å². The normalized spacial score (nSPS) is 10.5. The molecule has 0 aromatic heterocycles. The predicted octanol–water partition coefficient (Wildman–Crippen LogP) is 1.24. The smallest absolute Gasteiger partial charge is 0.335 e. The summed E-state index contributed by atoms with van der Waals surface area (Å²) in [7, 11) is 0. The Kier molecular flexibility index (Phi) is 6.82. The largest absolute Gasteiger partial charge is 0.465 e. The molecule has 0 N–H and O–H groups in total. The topological polar surface area (TPSA) is 78.9 Å². The Morgan fingerprint density at radius 2 is 1.26 bits per heavy atom. The maximum absolute atomic E-state index is 11.9. The van der Waals surface area contributed by atoms with Gasteiger partial charge in [-0.25, -0.2) is 4.79 Å². The zero-order chi connectivity index (χ0) is 15.1. The second-order valence-corrected chi connectivity index (χ2v) is 3.76. The molecule has 0 saturated carbocycles. The maximum Gasteiger partial charge on any atom is 0.335 e. The molecule has 19 heavy (non-hydrogen) atoms. The highest BCUT2D eigenvalue weighted by Crippen LogP contribution is 2.30. The Morgan fingerprint density at radius 1 is 0.895 bits per heavy atom. The van der Waals surface area contributed by atoms with E-state index in [0.717, 1.165) is 0 Å². The van der Waals surface area contributed by atoms with Crippen molar-refractivity contribution in [1.82, 2.24) is 0 Å². The summed E-state index contributed by atoms with van der Waals surface area (Å²) >= 11 is 0. The summed E-state index contributed by atoms with van der Waals surface area (Å²) in [5.74, 6) is -2.59. The second-order valence-electron chi connectivity index (χ2n) is 3.76. The minimum Gasteiger partial charge on any atom is -0.465 e. The van der Waals surface area contributed by atoms with Gasteiger partial charge in [0.25, 0.3) is 0 Å². The molecule has 0 aromatic carbocycles. The molecule has 0 aliphatic carbocycles. The molecule has 0 atom stereocenters. The van der Waals surface area contributed by atoms with Gasteiger partial charge in [0, 0.05) is 0 Å². The quantitative estimate of drug-likeness (QED) is 0.300. The summed E-state index contributed by atoms with van der Waals surface area (Å²) in [5, 5.41) is 0. The third-order valence-electron chi connectivity index (χ3n) is 2.49. The van der Waals surface area contributed by atoms with Crippen LogP contribution in [0.15, 0.2) is 12.2 Å². The number of hydrogen-bond acceptors (Lipinski definition) is 6. The minimum absolute atomic E-state index is 0.0733. The van der Waals surface area contributed by atoms with Crippen LogP contribution in [0.2, 0.25) is 0 Å². The number of hydrogen-bond donors (Lipinski definition) is 0. The molecule has 0 unspecified atom stereocenters. The van der Waals surface area contributed by atoms with Gasteiger partial charge in [0.15, 0.2) is 5.41 Å². The zero-order valence-corrected chi connectivity index (χ0v) is 11.8. The van der Waals surface area contributed by atoms with Crippen molar-refractivity contribution in [1.29, 1.82) is 0 Å². The van der Waals surface area contributed by atoms with Crippen molar-refractivity contribution < 1.29 is 28.6 Å². The summed E-state index contributed by atoms with van der Waals surface area (Å²) in [6.07, 6.45) is 0. The molecule has 0 aromatic rings. The Hall–Kier alpha value is -1.85. The highest BCUT2D eigenvalue weighted by molar-refractivity contribution is 6.10. The molecule has 0 amide bonds. The SMILES string of the molecule is C=C(C(=O)OCC)C(C)(C(=O)OCC)C(=O)OCC. The number of rotatable bonds is 7. The van der Waals surface area contributed by atoms with E-state index in [-0.39, 0.29) is 25.4 Å². The van der Waals surface area contributed by atoms with Gasteiger partial charge in [0.2, 0.25) is 0 Å². The maximum atomic E-state index is 11.9. The third kappa shape index (κ3) is 3.81. The molecule has 0 aliphatic rings. The van der Waals surface area contributed by atoms with Crippen molar-refractivity contribution >= 4 is 17.9 Å². The number of esters is 3. The van der Waals surface area contributed by atoms with Crippen LogP contribution in [0.3, 0.4) is 0 Å². The van der Waals surface area contributed by atoms with Gasteiger partial charge in [-0.15, -0.1) is 0 Å². The van der Waals surface area contributed by atoms with Gasteiger partial charge in [0.05, 0.1) is 25.4 Å². The molecular formula is C13H20O6. The first kappa shape index (κ1) is 17.2. The fourth-order valence-corrected chi connectivity index (χ4v) is 1.30. The lowest BCUT2D eigenvalue weighted by atomic mass is 9.82. The van der Waals surface area contributed by atoms with Gasteiger partial charge in [-0.05, 0) is 27.7 Å². The molecule has 6 heteroatoms. The van der Waals surface area contributed by atoms with E-state index in [0.29, 0.717) is 0 Å². The Labute approximate surface area is 112 Å². The number of carbonyl (C=O) groups is 3. The van der Waals surface area contributed by atoms with Crippen molar-refractivity contribution in [3.05, 3.63) is 12.2 Å². The van der Waals surface area contributed by atoms with Gasteiger partial charge < -0.3 is 14.2 Å². The van der Waals surface area contributed by atoms with Crippen LogP contribution in [0.4, 0.5) is 0 Å². The van der Waals surface area contributed by atoms with Crippen molar-refractivity contribution in [3.63, 3.8) is 0 Å². The second kappa shape index (κ2) is 7.56. The molecule has 0 saturated heterocycles. The summed E-state index contributed by atoms with van der Waals surface area (Å²) in [5.41, 5.74) is -2.19. The highest BCUT2D eigenvalue weighted by Gasteiger charge is 2.50. The van der Waals surface area contributed by atoms with E-state index in [1.54, 1.807) is 20.8 Å². The van der Waals surface area contributed by atoms with E-state index in [2.05, 4.69) is 6.58 Å². The number of carbonyl (C=O) groups excluding carboxylic acids is 3. The first-order valence-electron chi connectivity index (χ1n) is 6.07. The van der Waals surface area contributed by atoms with Crippen LogP contribution in [0.5, 0.6) is 0 Å². The summed E-state index contributed by atoms with van der Waals surface area (Å²) in [6, 6.07) is 0. The molecule has 0 fully saturated rings. The van der Waals surface area contributed by atoms with E-state index in [1.165, 1.54) is 6.92 Å². The highest BCUT2D eigenvalue weighted by atomic mass is 16.6. The average molecular weight is 272 g/mol. The Morgan fingerprint density at radius 3 is 1.58 bits per heavy atom. The van der Waals surface area contributed by atoms with Crippen LogP contribution in [-0.4, -0.2) is 37.7 Å². The van der Waals surface area contributed by atoms with Crippen molar-refractivity contribution in [2.24, 2.45) is 5.41 Å². The van der Waals surface area contributed by atoms with E-state index < -0.39 is 23.3 Å². The van der Waals surface area contributed by atoms with Gasteiger partial charge in [-0.1, -0.05) is 6.58 Å². The van der Waals surface area contributed by atoms with Crippen molar-refractivity contribution in [2.45, 2.75) is 27.7 Å². The van der Waals surface area contributed by atoms with E-state index >= 15 is 0 Å². The Balaban J connectivity index is 5.38. The average Bonchev–Trinajstić information content (AvgIpc) is 2.37. The lowest BCUT2D eigenvalue weighted by Crippen LogP contribution is -2.43. The van der Waals surface area contributed by atoms with E-state index in [4.69, 9.17) is 14.2 Å². The fraction of sp³-hybridized carbons (Fsp3) is 0.615. The molecule has 0 bridgehead atoms. The van der Waals surface area contributed by atoms with Crippen LogP contribution < -0.4 is 0 Å². The lowest BCUT2D eigenvalue weighted by Gasteiger charge is -2.25. The van der Waals surface area contributed by atoms with Crippen LogP contribution in [-0.2, 0) is 28.6 Å². The molecule has 0 radical (unpaired) electrons. The van der Waals surface area contributed by atoms with E-state index in [9.17, 15) is 14.4 Å². The predicted molar refractivity (Wildman–Crippen MR) is 67.1 cm³/mol. The van der Waals surface area contributed by atoms with Crippen molar-refractivity contribution in [2.75, 3.05) is 19.8 Å². The van der Waals surface area contributed by atoms with Gasteiger partial charge >= 0.3 is 17.9 Å². The standard InChI is InChI=1S/C13H20O6/c1-6-17-10(14)9(4)13(5,11(15)18-7-2)12(16)19-8-3/h4,6-8H2,1-3,5H3. The zero-order valence-electron chi connectivity index (χ0n) is 11.8. The molecule has 0 heterocycles. The third-order valence-corrected chi connectivity index (χ3v) is 2.49. The van der Waals surface area contributed by atoms with Crippen LogP contribution in [0, 0.1) is 5.41 Å². The van der Waals surface area contributed by atoms with Crippen LogP contribution in [0.1, 0.15) is 27.7 Å². The monoisotopic (exact) mass is 272 g/mol. The summed E-state index contributed by atoms with van der Waals surface area (Å²) < 4.78 is 14.4. The minimum atomic E-state index is -1.89. The molecule has 108 valence electrons.